The molecule has 0 amide bonds. The molecule has 1 saturated carbocycles. The first-order valence-corrected chi connectivity index (χ1v) is 10.8. The van der Waals surface area contributed by atoms with Crippen molar-refractivity contribution in [1.82, 2.24) is 0 Å². The van der Waals surface area contributed by atoms with Crippen molar-refractivity contribution in [3.05, 3.63) is 35.1 Å². The molecule has 0 N–H and O–H groups in total. The summed E-state index contributed by atoms with van der Waals surface area (Å²) in [6, 6.07) is 5.36. The third-order valence-corrected chi connectivity index (χ3v) is 6.09. The van der Waals surface area contributed by atoms with Crippen LogP contribution in [0, 0.1) is 11.7 Å². The Bertz CT molecular complexity index is 606. The Morgan fingerprint density at radius 2 is 1.79 bits per heavy atom. The minimum absolute atomic E-state index is 0.0283. The summed E-state index contributed by atoms with van der Waals surface area (Å²) in [4.78, 5) is 0. The van der Waals surface area contributed by atoms with E-state index in [0.717, 1.165) is 36.3 Å². The number of hydrogen-bond donors (Lipinski definition) is 0. The van der Waals surface area contributed by atoms with Gasteiger partial charge in [0.25, 0.3) is 6.48 Å². The number of alkyl halides is 1. The van der Waals surface area contributed by atoms with Crippen LogP contribution in [0.25, 0.3) is 0 Å². The third kappa shape index (κ3) is 5.74. The first-order chi connectivity index (χ1) is 13.5. The van der Waals surface area contributed by atoms with Crippen LogP contribution < -0.4 is 0 Å². The number of benzene rings is 1. The largest absolute Gasteiger partial charge is 0.326 e. The van der Waals surface area contributed by atoms with Gasteiger partial charge in [-0.2, -0.15) is 0 Å². The van der Waals surface area contributed by atoms with Crippen LogP contribution in [0.5, 0.6) is 0 Å². The van der Waals surface area contributed by atoms with Gasteiger partial charge in [0, 0.05) is 0 Å². The van der Waals surface area contributed by atoms with Gasteiger partial charge < -0.3 is 14.2 Å². The zero-order valence-corrected chi connectivity index (χ0v) is 17.2. The fraction of sp³-hybridized carbons (Fsp3) is 0.739. The van der Waals surface area contributed by atoms with Crippen LogP contribution in [-0.4, -0.2) is 25.4 Å². The molecule has 0 atom stereocenters. The molecule has 28 heavy (non-hydrogen) atoms. The average Bonchev–Trinajstić information content (AvgIpc) is 2.69. The van der Waals surface area contributed by atoms with E-state index in [9.17, 15) is 8.78 Å². The zero-order valence-electron chi connectivity index (χ0n) is 17.2. The van der Waals surface area contributed by atoms with Crippen molar-refractivity contribution in [3.63, 3.8) is 0 Å². The van der Waals surface area contributed by atoms with Gasteiger partial charge in [-0.15, -0.1) is 0 Å². The Balaban J connectivity index is 1.47. The van der Waals surface area contributed by atoms with Gasteiger partial charge in [0.1, 0.15) is 5.82 Å². The van der Waals surface area contributed by atoms with Crippen LogP contribution in [0.15, 0.2) is 18.2 Å². The fourth-order valence-electron chi connectivity index (χ4n) is 4.54. The lowest BCUT2D eigenvalue weighted by Crippen LogP contribution is -2.44. The van der Waals surface area contributed by atoms with Crippen LogP contribution in [0.1, 0.15) is 82.3 Å². The molecule has 1 aromatic carbocycles. The van der Waals surface area contributed by atoms with Crippen molar-refractivity contribution >= 4 is 0 Å². The summed E-state index contributed by atoms with van der Waals surface area (Å²) < 4.78 is 45.2. The van der Waals surface area contributed by atoms with Crippen LogP contribution in [0.4, 0.5) is 8.78 Å². The summed E-state index contributed by atoms with van der Waals surface area (Å²) in [6.07, 6.45) is 8.22. The molecular formula is C23H34F2O3. The number of halogens is 2. The van der Waals surface area contributed by atoms with Gasteiger partial charge in [-0.05, 0) is 61.1 Å². The predicted molar refractivity (Wildman–Crippen MR) is 105 cm³/mol. The zero-order chi connectivity index (χ0) is 20.0. The lowest BCUT2D eigenvalue weighted by Gasteiger charge is -2.33. The Hall–Kier alpha value is -1.04. The second-order valence-electron chi connectivity index (χ2n) is 8.48. The molecule has 1 saturated heterocycles. The van der Waals surface area contributed by atoms with Crippen molar-refractivity contribution in [2.75, 3.05) is 13.2 Å². The first kappa shape index (κ1) is 21.7. The van der Waals surface area contributed by atoms with Crippen molar-refractivity contribution in [2.24, 2.45) is 5.92 Å². The molecule has 1 heterocycles. The number of ether oxygens (including phenoxy) is 3. The van der Waals surface area contributed by atoms with E-state index >= 15 is 0 Å². The van der Waals surface area contributed by atoms with E-state index < -0.39 is 12.1 Å². The highest BCUT2D eigenvalue weighted by Crippen LogP contribution is 2.38. The Morgan fingerprint density at radius 3 is 2.39 bits per heavy atom. The molecule has 1 aromatic rings. The summed E-state index contributed by atoms with van der Waals surface area (Å²) in [5.41, 5.74) is 0.128. The van der Waals surface area contributed by atoms with Gasteiger partial charge in [-0.25, -0.2) is 8.78 Å². The fourth-order valence-corrected chi connectivity index (χ4v) is 4.54. The van der Waals surface area contributed by atoms with E-state index in [1.807, 2.05) is 19.1 Å². The third-order valence-electron chi connectivity index (χ3n) is 6.09. The van der Waals surface area contributed by atoms with Crippen molar-refractivity contribution < 1.29 is 23.0 Å². The van der Waals surface area contributed by atoms with Gasteiger partial charge in [-0.1, -0.05) is 45.2 Å². The Labute approximate surface area is 167 Å². The maximum Gasteiger partial charge on any atom is 0.272 e. The summed E-state index contributed by atoms with van der Waals surface area (Å²) >= 11 is 0. The summed E-state index contributed by atoms with van der Waals surface area (Å²) in [5, 5.41) is 0. The van der Waals surface area contributed by atoms with Crippen molar-refractivity contribution in [1.29, 1.82) is 0 Å². The Kier molecular flexibility index (Phi) is 7.84. The molecule has 3 rings (SSSR count). The van der Waals surface area contributed by atoms with E-state index in [1.54, 1.807) is 6.07 Å². The van der Waals surface area contributed by atoms with Crippen LogP contribution in [0.3, 0.4) is 0 Å². The summed E-state index contributed by atoms with van der Waals surface area (Å²) in [6.45, 7) is 3.39. The number of hydrogen-bond acceptors (Lipinski definition) is 3. The second kappa shape index (κ2) is 10.1. The normalized spacial score (nSPS) is 31.1. The van der Waals surface area contributed by atoms with Crippen LogP contribution in [0.2, 0.25) is 0 Å². The first-order valence-electron chi connectivity index (χ1n) is 10.8. The molecule has 1 aliphatic carbocycles. The van der Waals surface area contributed by atoms with Gasteiger partial charge in [-0.3, -0.25) is 0 Å². The standard InChI is InChI=1S/C23H34F2O3/c1-3-5-17-6-9-19(10-7-17)20-11-8-18(13-21(20)24)14-26-22-27-15-23(25,12-4-2)16-28-22/h8,11,13,17,19,22H,3-7,9-10,12,14-16H2,1-2H3. The highest BCUT2D eigenvalue weighted by molar-refractivity contribution is 5.27. The highest BCUT2D eigenvalue weighted by atomic mass is 19.1. The average molecular weight is 397 g/mol. The molecule has 5 heteroatoms. The molecule has 1 aliphatic heterocycles. The predicted octanol–water partition coefficient (Wildman–Crippen LogP) is 6.26. The summed E-state index contributed by atoms with van der Waals surface area (Å²) in [5.74, 6) is 0.980. The molecule has 158 valence electrons. The van der Waals surface area contributed by atoms with E-state index in [2.05, 4.69) is 6.92 Å². The van der Waals surface area contributed by atoms with Crippen LogP contribution >= 0.6 is 0 Å². The molecule has 2 aliphatic rings. The van der Waals surface area contributed by atoms with E-state index in [0.29, 0.717) is 12.3 Å². The molecule has 0 aromatic heterocycles. The molecule has 0 spiro atoms. The SMILES string of the molecule is CCCC1CCC(c2ccc(COC3OCC(F)(CCC)CO3)cc2F)CC1. The van der Waals surface area contributed by atoms with Gasteiger partial charge in [0.2, 0.25) is 0 Å². The quantitative estimate of drug-likeness (QED) is 0.519. The topological polar surface area (TPSA) is 27.7 Å². The molecular weight excluding hydrogens is 362 g/mol. The van der Waals surface area contributed by atoms with Gasteiger partial charge in [0.05, 0.1) is 19.8 Å². The van der Waals surface area contributed by atoms with E-state index in [-0.39, 0.29) is 25.6 Å². The molecule has 0 radical (unpaired) electrons. The second-order valence-corrected chi connectivity index (χ2v) is 8.48. The molecule has 0 unspecified atom stereocenters. The van der Waals surface area contributed by atoms with E-state index in [4.69, 9.17) is 14.2 Å². The highest BCUT2D eigenvalue weighted by Gasteiger charge is 2.36. The molecule has 0 bridgehead atoms. The lowest BCUT2D eigenvalue weighted by atomic mass is 9.77. The summed E-state index contributed by atoms with van der Waals surface area (Å²) in [7, 11) is 0. The minimum atomic E-state index is -1.43. The number of rotatable bonds is 8. The van der Waals surface area contributed by atoms with Crippen molar-refractivity contribution in [3.8, 4) is 0 Å². The maximum absolute atomic E-state index is 14.7. The maximum atomic E-state index is 14.7. The molecule has 2 fully saturated rings. The van der Waals surface area contributed by atoms with Gasteiger partial charge in [0.15, 0.2) is 5.67 Å². The smallest absolute Gasteiger partial charge is 0.272 e. The van der Waals surface area contributed by atoms with E-state index in [1.165, 1.54) is 25.7 Å². The minimum Gasteiger partial charge on any atom is -0.326 e. The molecule has 3 nitrogen and oxygen atoms in total. The lowest BCUT2D eigenvalue weighted by molar-refractivity contribution is -0.342. The van der Waals surface area contributed by atoms with Crippen molar-refractivity contribution in [2.45, 2.75) is 89.9 Å². The van der Waals surface area contributed by atoms with Crippen LogP contribution in [-0.2, 0) is 20.8 Å². The monoisotopic (exact) mass is 396 g/mol. The van der Waals surface area contributed by atoms with Gasteiger partial charge >= 0.3 is 0 Å². The Morgan fingerprint density at radius 1 is 1.07 bits per heavy atom.